The Morgan fingerprint density at radius 3 is 2.56 bits per heavy atom. The third kappa shape index (κ3) is 4.68. The van der Waals surface area contributed by atoms with E-state index in [4.69, 9.17) is 11.6 Å². The Morgan fingerprint density at radius 1 is 1.32 bits per heavy atom. The lowest BCUT2D eigenvalue weighted by molar-refractivity contribution is -0.137. The molecule has 0 aliphatic carbocycles. The Morgan fingerprint density at radius 2 is 2.04 bits per heavy atom. The second-order valence-electron chi connectivity index (χ2n) is 5.27. The molecule has 2 aromatic rings. The van der Waals surface area contributed by atoms with E-state index in [0.29, 0.717) is 22.4 Å². The third-order valence-electron chi connectivity index (χ3n) is 3.46. The van der Waals surface area contributed by atoms with Crippen LogP contribution in [0.15, 0.2) is 48.7 Å². The Bertz CT molecular complexity index is 852. The zero-order chi connectivity index (χ0) is 18.6. The minimum atomic E-state index is -4.53. The molecule has 0 fully saturated rings. The summed E-state index contributed by atoms with van der Waals surface area (Å²) in [5.74, 6) is -1.84. The van der Waals surface area contributed by atoms with E-state index < -0.39 is 23.4 Å². The highest BCUT2D eigenvalue weighted by Gasteiger charge is 2.31. The van der Waals surface area contributed by atoms with Gasteiger partial charge in [0.2, 0.25) is 0 Å². The molecule has 3 nitrogen and oxygen atoms in total. The maximum Gasteiger partial charge on any atom is 0.417 e. The first-order valence-corrected chi connectivity index (χ1v) is 7.51. The van der Waals surface area contributed by atoms with Gasteiger partial charge in [0.25, 0.3) is 0 Å². The number of hydrogen-bond acceptors (Lipinski definition) is 3. The molecule has 0 saturated heterocycles. The molecule has 128 valence electrons. The second-order valence-corrected chi connectivity index (χ2v) is 5.71. The van der Waals surface area contributed by atoms with Crippen LogP contribution in [0.5, 0.6) is 0 Å². The normalized spacial score (nSPS) is 13.2. The lowest BCUT2D eigenvalue weighted by Crippen LogP contribution is -2.12. The van der Waals surface area contributed by atoms with Gasteiger partial charge in [-0.3, -0.25) is 9.78 Å². The molecule has 0 saturated carbocycles. The first-order chi connectivity index (χ1) is 11.7. The number of nitrogens with zero attached hydrogens (tertiary/aromatic N) is 2. The Labute approximate surface area is 147 Å². The van der Waals surface area contributed by atoms with Gasteiger partial charge in [0.1, 0.15) is 0 Å². The van der Waals surface area contributed by atoms with Gasteiger partial charge in [-0.05, 0) is 48.4 Å². The maximum absolute atomic E-state index is 12.6. The molecule has 1 aromatic heterocycles. The molecule has 1 aromatic carbocycles. The number of allylic oxidation sites excluding steroid dienone is 2. The summed E-state index contributed by atoms with van der Waals surface area (Å²) in [5, 5.41) is 9.72. The molecule has 0 aliphatic heterocycles. The maximum atomic E-state index is 12.6. The quantitative estimate of drug-likeness (QED) is 0.715. The number of ketones is 1. The molecular weight excluding hydrogens is 353 g/mol. The van der Waals surface area contributed by atoms with Gasteiger partial charge in [0.15, 0.2) is 11.7 Å². The number of carbonyl (C=O) groups is 1. The number of alkyl halides is 3. The molecule has 0 bridgehead atoms. The van der Waals surface area contributed by atoms with Crippen molar-refractivity contribution in [1.29, 1.82) is 5.26 Å². The fourth-order valence-corrected chi connectivity index (χ4v) is 2.32. The summed E-state index contributed by atoms with van der Waals surface area (Å²) in [7, 11) is 0. The second kappa shape index (κ2) is 7.49. The number of nitriles is 1. The fraction of sp³-hybridized carbons (Fsp3) is 0.167. The van der Waals surface area contributed by atoms with Crippen molar-refractivity contribution in [3.05, 3.63) is 70.5 Å². The zero-order valence-electron chi connectivity index (χ0n) is 13.0. The number of benzene rings is 1. The molecule has 0 spiro atoms. The minimum Gasteiger partial charge on any atom is -0.293 e. The van der Waals surface area contributed by atoms with Gasteiger partial charge in [-0.15, -0.1) is 0 Å². The summed E-state index contributed by atoms with van der Waals surface area (Å²) in [6.07, 6.45) is -2.65. The van der Waals surface area contributed by atoms with E-state index in [2.05, 4.69) is 4.98 Å². The summed E-state index contributed by atoms with van der Waals surface area (Å²) in [6, 6.07) is 10.4. The average Bonchev–Trinajstić information content (AvgIpc) is 2.55. The number of halogens is 4. The van der Waals surface area contributed by atoms with Crippen molar-refractivity contribution in [3.8, 4) is 6.07 Å². The predicted molar refractivity (Wildman–Crippen MR) is 87.7 cm³/mol. The van der Waals surface area contributed by atoms with Gasteiger partial charge in [0.05, 0.1) is 17.3 Å². The predicted octanol–water partition coefficient (Wildman–Crippen LogP) is 5.03. The zero-order valence-corrected chi connectivity index (χ0v) is 13.8. The van der Waals surface area contributed by atoms with Gasteiger partial charge < -0.3 is 0 Å². The van der Waals surface area contributed by atoms with Crippen LogP contribution in [0.3, 0.4) is 0 Å². The minimum absolute atomic E-state index is 0.0318. The Balaban J connectivity index is 2.27. The highest BCUT2D eigenvalue weighted by Crippen LogP contribution is 2.29. The van der Waals surface area contributed by atoms with Crippen molar-refractivity contribution >= 4 is 23.0 Å². The molecular formula is C18H12ClF3N2O. The van der Waals surface area contributed by atoms with Gasteiger partial charge in [-0.1, -0.05) is 23.7 Å². The highest BCUT2D eigenvalue weighted by atomic mass is 35.5. The van der Waals surface area contributed by atoms with Crippen LogP contribution in [0, 0.1) is 11.3 Å². The van der Waals surface area contributed by atoms with Crippen LogP contribution in [0.1, 0.15) is 29.7 Å². The van der Waals surface area contributed by atoms with Crippen LogP contribution in [0.4, 0.5) is 13.2 Å². The molecule has 1 heterocycles. The molecule has 2 rings (SSSR count). The fourth-order valence-electron chi connectivity index (χ4n) is 2.13. The Hall–Kier alpha value is -2.65. The topological polar surface area (TPSA) is 53.8 Å². The van der Waals surface area contributed by atoms with Crippen molar-refractivity contribution in [2.75, 3.05) is 0 Å². The molecule has 0 radical (unpaired) electrons. The standard InChI is InChI=1S/C18H12ClF3N2O/c1-11(12-3-2-4-14(19)8-12)7-17(25)15(9-23)16-6-5-13(10-24-16)18(20,21)22/h2-8,10,15H,1H3. The third-order valence-corrected chi connectivity index (χ3v) is 3.70. The van der Waals surface area contributed by atoms with Crippen molar-refractivity contribution in [2.45, 2.75) is 19.0 Å². The van der Waals surface area contributed by atoms with Gasteiger partial charge in [-0.25, -0.2) is 0 Å². The van der Waals surface area contributed by atoms with Crippen molar-refractivity contribution in [2.24, 2.45) is 0 Å². The van der Waals surface area contributed by atoms with Crippen molar-refractivity contribution in [3.63, 3.8) is 0 Å². The van der Waals surface area contributed by atoms with Crippen LogP contribution < -0.4 is 0 Å². The number of pyridine rings is 1. The van der Waals surface area contributed by atoms with Crippen LogP contribution in [-0.2, 0) is 11.0 Å². The SMILES string of the molecule is CC(=CC(=O)C(C#N)c1ccc(C(F)(F)F)cn1)c1cccc(Cl)c1. The van der Waals surface area contributed by atoms with Crippen molar-refractivity contribution < 1.29 is 18.0 Å². The van der Waals surface area contributed by atoms with E-state index in [1.165, 1.54) is 6.08 Å². The molecule has 0 N–H and O–H groups in total. The van der Waals surface area contributed by atoms with E-state index in [9.17, 15) is 23.2 Å². The molecule has 1 atom stereocenters. The molecule has 0 aliphatic rings. The average molecular weight is 365 g/mol. The van der Waals surface area contributed by atoms with Gasteiger partial charge in [0, 0.05) is 11.2 Å². The van der Waals surface area contributed by atoms with Crippen LogP contribution in [-0.4, -0.2) is 10.8 Å². The van der Waals surface area contributed by atoms with E-state index >= 15 is 0 Å². The first-order valence-electron chi connectivity index (χ1n) is 7.13. The monoisotopic (exact) mass is 364 g/mol. The summed E-state index contributed by atoms with van der Waals surface area (Å²) in [4.78, 5) is 15.9. The van der Waals surface area contributed by atoms with E-state index in [1.807, 2.05) is 0 Å². The molecule has 7 heteroatoms. The molecule has 25 heavy (non-hydrogen) atoms. The lowest BCUT2D eigenvalue weighted by atomic mass is 9.97. The van der Waals surface area contributed by atoms with E-state index in [1.54, 1.807) is 37.3 Å². The van der Waals surface area contributed by atoms with Gasteiger partial charge >= 0.3 is 6.18 Å². The van der Waals surface area contributed by atoms with E-state index in [0.717, 1.165) is 12.1 Å². The summed E-state index contributed by atoms with van der Waals surface area (Å²) in [5.41, 5.74) is 0.319. The molecule has 1 unspecified atom stereocenters. The smallest absolute Gasteiger partial charge is 0.293 e. The first kappa shape index (κ1) is 18.7. The summed E-state index contributed by atoms with van der Waals surface area (Å²) in [6.45, 7) is 1.68. The van der Waals surface area contributed by atoms with E-state index in [-0.39, 0.29) is 5.69 Å². The van der Waals surface area contributed by atoms with Crippen LogP contribution in [0.2, 0.25) is 5.02 Å². The van der Waals surface area contributed by atoms with Crippen LogP contribution in [0.25, 0.3) is 5.57 Å². The summed E-state index contributed by atoms with van der Waals surface area (Å²) < 4.78 is 37.7. The largest absolute Gasteiger partial charge is 0.417 e. The Kier molecular flexibility index (Phi) is 5.60. The number of hydrogen-bond donors (Lipinski definition) is 0. The van der Waals surface area contributed by atoms with Gasteiger partial charge in [-0.2, -0.15) is 18.4 Å². The number of aromatic nitrogens is 1. The van der Waals surface area contributed by atoms with Crippen molar-refractivity contribution in [1.82, 2.24) is 4.98 Å². The number of carbonyl (C=O) groups excluding carboxylic acids is 1. The summed E-state index contributed by atoms with van der Waals surface area (Å²) >= 11 is 5.90. The lowest BCUT2D eigenvalue weighted by Gasteiger charge is -2.09. The number of rotatable bonds is 4. The highest BCUT2D eigenvalue weighted by molar-refractivity contribution is 6.30. The molecule has 0 amide bonds. The van der Waals surface area contributed by atoms with Crippen LogP contribution >= 0.6 is 11.6 Å².